The van der Waals surface area contributed by atoms with Gasteiger partial charge in [-0.2, -0.15) is 5.57 Å². The van der Waals surface area contributed by atoms with Crippen molar-refractivity contribution in [3.63, 3.8) is 0 Å². The fraction of sp³-hybridized carbons (Fsp3) is 0.167. The van der Waals surface area contributed by atoms with E-state index in [1.54, 1.807) is 6.08 Å². The quantitative estimate of drug-likeness (QED) is 0.667. The van der Waals surface area contributed by atoms with Gasteiger partial charge in [-0.25, -0.2) is 11.6 Å². The molecule has 2 heteroatoms. The number of carbonyl (C=O) groups excluding carboxylic acids is 1. The molecule has 1 aliphatic carbocycles. The highest BCUT2D eigenvalue weighted by molar-refractivity contribution is 6.07. The average molecular weight is 261 g/mol. The van der Waals surface area contributed by atoms with Gasteiger partial charge in [-0.15, -0.1) is 12.1 Å². The van der Waals surface area contributed by atoms with Gasteiger partial charge in [0.15, 0.2) is 0 Å². The molecule has 2 nitrogen and oxygen atoms in total. The molecular formula is C18H15NO-2. The predicted octanol–water partition coefficient (Wildman–Crippen LogP) is 3.44. The topological polar surface area (TPSA) is 20.3 Å². The molecule has 2 heterocycles. The van der Waals surface area contributed by atoms with Crippen molar-refractivity contribution in [1.82, 2.24) is 4.90 Å². The van der Waals surface area contributed by atoms with Gasteiger partial charge >= 0.3 is 0 Å². The van der Waals surface area contributed by atoms with Crippen molar-refractivity contribution in [2.75, 3.05) is 0 Å². The molecule has 0 radical (unpaired) electrons. The number of hydrogen-bond acceptors (Lipinski definition) is 2. The molecule has 0 spiro atoms. The number of fused-ring (bicyclic) bond motifs is 4. The molecule has 0 unspecified atom stereocenters. The monoisotopic (exact) mass is 261 g/mol. The molecule has 0 amide bonds. The Morgan fingerprint density at radius 1 is 1.30 bits per heavy atom. The van der Waals surface area contributed by atoms with E-state index < -0.39 is 0 Å². The lowest BCUT2D eigenvalue weighted by atomic mass is 9.87. The van der Waals surface area contributed by atoms with Gasteiger partial charge in [-0.05, 0) is 6.92 Å². The van der Waals surface area contributed by atoms with Crippen LogP contribution in [-0.2, 0) is 11.2 Å². The van der Waals surface area contributed by atoms with Crippen LogP contribution in [0.4, 0.5) is 0 Å². The van der Waals surface area contributed by atoms with Crippen molar-refractivity contribution in [2.45, 2.75) is 20.3 Å². The van der Waals surface area contributed by atoms with Crippen molar-refractivity contribution in [1.29, 1.82) is 0 Å². The zero-order valence-corrected chi connectivity index (χ0v) is 11.6. The third-order valence-corrected chi connectivity index (χ3v) is 4.36. The van der Waals surface area contributed by atoms with Crippen LogP contribution in [0.1, 0.15) is 25.0 Å². The van der Waals surface area contributed by atoms with E-state index in [1.807, 2.05) is 13.8 Å². The fourth-order valence-corrected chi connectivity index (χ4v) is 3.34. The lowest BCUT2D eigenvalue weighted by Crippen LogP contribution is -2.32. The first-order chi connectivity index (χ1) is 9.66. The van der Waals surface area contributed by atoms with Crippen LogP contribution in [0.15, 0.2) is 53.4 Å². The number of rotatable bonds is 0. The number of hydrogen-bond donors (Lipinski definition) is 0. The Morgan fingerprint density at radius 3 is 2.95 bits per heavy atom. The maximum atomic E-state index is 12.1. The Labute approximate surface area is 119 Å². The van der Waals surface area contributed by atoms with Crippen LogP contribution < -0.4 is 0 Å². The molecule has 0 bridgehead atoms. The largest absolute Gasteiger partial charge is 0.433 e. The van der Waals surface area contributed by atoms with Crippen LogP contribution in [0.5, 0.6) is 0 Å². The minimum atomic E-state index is 0.131. The van der Waals surface area contributed by atoms with Gasteiger partial charge in [-0.3, -0.25) is 0 Å². The number of allylic oxidation sites excluding steroid dienone is 5. The van der Waals surface area contributed by atoms with E-state index in [2.05, 4.69) is 41.8 Å². The van der Waals surface area contributed by atoms with E-state index in [9.17, 15) is 4.79 Å². The molecule has 1 aromatic rings. The van der Waals surface area contributed by atoms with Crippen LogP contribution in [0.3, 0.4) is 0 Å². The molecule has 4 rings (SSSR count). The zero-order chi connectivity index (χ0) is 13.9. The van der Waals surface area contributed by atoms with E-state index in [-0.39, 0.29) is 5.78 Å². The summed E-state index contributed by atoms with van der Waals surface area (Å²) in [7, 11) is 0. The first-order valence-corrected chi connectivity index (χ1v) is 6.89. The van der Waals surface area contributed by atoms with Gasteiger partial charge < -0.3 is 9.69 Å². The third kappa shape index (κ3) is 1.36. The summed E-state index contributed by atoms with van der Waals surface area (Å²) in [5.41, 5.74) is 7.29. The van der Waals surface area contributed by atoms with Crippen molar-refractivity contribution < 1.29 is 4.79 Å². The van der Waals surface area contributed by atoms with Crippen LogP contribution in [0.25, 0.3) is 5.57 Å². The molecule has 0 saturated heterocycles. The van der Waals surface area contributed by atoms with Crippen LogP contribution in [0.2, 0.25) is 0 Å². The summed E-state index contributed by atoms with van der Waals surface area (Å²) < 4.78 is 0. The number of ketones is 1. The zero-order valence-electron chi connectivity index (χ0n) is 11.6. The van der Waals surface area contributed by atoms with Gasteiger partial charge in [0.05, 0.1) is 5.78 Å². The van der Waals surface area contributed by atoms with Crippen molar-refractivity contribution >= 4 is 11.4 Å². The van der Waals surface area contributed by atoms with E-state index in [1.165, 1.54) is 22.3 Å². The number of carbonyl (C=O) groups is 1. The lowest BCUT2D eigenvalue weighted by Gasteiger charge is -2.50. The Morgan fingerprint density at radius 2 is 2.10 bits per heavy atom. The molecule has 3 aliphatic rings. The van der Waals surface area contributed by atoms with Gasteiger partial charge in [0, 0.05) is 0 Å². The summed E-state index contributed by atoms with van der Waals surface area (Å²) in [5.74, 6) is 0.979. The summed E-state index contributed by atoms with van der Waals surface area (Å²) in [6.07, 6.45) is 4.81. The summed E-state index contributed by atoms with van der Waals surface area (Å²) in [5, 5.41) is 0. The van der Waals surface area contributed by atoms with Gasteiger partial charge in [0.2, 0.25) is 0 Å². The maximum absolute atomic E-state index is 12.1. The number of nitrogens with zero attached hydrogens (tertiary/aromatic N) is 1. The lowest BCUT2D eigenvalue weighted by molar-refractivity contribution is -0.113. The first kappa shape index (κ1) is 11.5. The molecule has 0 aromatic heterocycles. The first-order valence-electron chi connectivity index (χ1n) is 6.89. The summed E-state index contributed by atoms with van der Waals surface area (Å²) in [6.45, 7) is 6.00. The smallest absolute Gasteiger partial charge is 0.0789 e. The Bertz CT molecular complexity index is 721. The van der Waals surface area contributed by atoms with Gasteiger partial charge in [0.1, 0.15) is 0 Å². The van der Waals surface area contributed by atoms with Crippen LogP contribution >= 0.6 is 0 Å². The molecule has 20 heavy (non-hydrogen) atoms. The van der Waals surface area contributed by atoms with Gasteiger partial charge in [0.25, 0.3) is 0 Å². The maximum Gasteiger partial charge on any atom is 0.0789 e. The van der Waals surface area contributed by atoms with E-state index >= 15 is 0 Å². The fourth-order valence-electron chi connectivity index (χ4n) is 3.34. The summed E-state index contributed by atoms with van der Waals surface area (Å²) in [6, 6.07) is 8.50. The minimum absolute atomic E-state index is 0.131. The third-order valence-electron chi connectivity index (χ3n) is 4.36. The second kappa shape index (κ2) is 3.83. The second-order valence-electron chi connectivity index (χ2n) is 5.54. The highest BCUT2D eigenvalue weighted by Gasteiger charge is 2.24. The molecule has 1 aromatic carbocycles. The number of benzene rings is 1. The molecule has 0 N–H and O–H groups in total. The minimum Gasteiger partial charge on any atom is -0.433 e. The molecule has 0 atom stereocenters. The Hall–Kier alpha value is -2.35. The standard InChI is InChI=1S/C18H15NO/c1-11-9-17(20)12(2)18-16-10-13-5-3-4-6-14(13)15(16)7-8-19(11)18/h3-9H,10H2,1-2H3/q-2. The molecular weight excluding hydrogens is 246 g/mol. The van der Waals surface area contributed by atoms with Gasteiger partial charge in [-0.1, -0.05) is 66.6 Å². The van der Waals surface area contributed by atoms with E-state index in [0.29, 0.717) is 0 Å². The normalized spacial score (nSPS) is 20.0. The molecule has 0 saturated carbocycles. The van der Waals surface area contributed by atoms with Crippen molar-refractivity contribution in [2.24, 2.45) is 0 Å². The van der Waals surface area contributed by atoms with E-state index in [4.69, 9.17) is 0 Å². The molecule has 100 valence electrons. The van der Waals surface area contributed by atoms with Crippen molar-refractivity contribution in [3.8, 4) is 0 Å². The summed E-state index contributed by atoms with van der Waals surface area (Å²) in [4.78, 5) is 14.3. The average Bonchev–Trinajstić information content (AvgIpc) is 2.82. The van der Waals surface area contributed by atoms with Crippen LogP contribution in [-0.4, -0.2) is 10.7 Å². The van der Waals surface area contributed by atoms with Crippen LogP contribution in [0, 0.1) is 12.5 Å². The molecule has 2 aliphatic heterocycles. The second-order valence-corrected chi connectivity index (χ2v) is 5.54. The molecule has 0 fully saturated rings. The Balaban J connectivity index is 1.93. The highest BCUT2D eigenvalue weighted by atomic mass is 16.1. The van der Waals surface area contributed by atoms with Crippen molar-refractivity contribution in [3.05, 3.63) is 77.0 Å². The van der Waals surface area contributed by atoms with E-state index in [0.717, 1.165) is 23.7 Å². The predicted molar refractivity (Wildman–Crippen MR) is 79.0 cm³/mol. The highest BCUT2D eigenvalue weighted by Crippen LogP contribution is 2.46. The SMILES string of the molecule is CC1=CC(=O)[C-](C)C2=C3Cc4ccccc4C3=C[CH-]N12. The Kier molecular flexibility index (Phi) is 2.19. The summed E-state index contributed by atoms with van der Waals surface area (Å²) >= 11 is 0.